The molecule has 1 heterocycles. The molecule has 2 rings (SSSR count). The summed E-state index contributed by atoms with van der Waals surface area (Å²) in [4.78, 5) is 19.2. The van der Waals surface area contributed by atoms with Gasteiger partial charge in [-0.15, -0.1) is 0 Å². The highest BCUT2D eigenvalue weighted by molar-refractivity contribution is 5.70. The van der Waals surface area contributed by atoms with E-state index in [0.29, 0.717) is 18.4 Å². The second-order valence-electron chi connectivity index (χ2n) is 4.44. The quantitative estimate of drug-likeness (QED) is 0.822. The number of aromatic nitrogens is 2. The van der Waals surface area contributed by atoms with Crippen LogP contribution in [0.25, 0.3) is 0 Å². The van der Waals surface area contributed by atoms with Crippen LogP contribution in [-0.4, -0.2) is 34.7 Å². The van der Waals surface area contributed by atoms with Gasteiger partial charge in [0.25, 0.3) is 0 Å². The van der Waals surface area contributed by atoms with E-state index in [9.17, 15) is 4.79 Å². The minimum Gasteiger partial charge on any atom is -0.481 e. The molecule has 0 amide bonds. The van der Waals surface area contributed by atoms with E-state index < -0.39 is 5.97 Å². The van der Waals surface area contributed by atoms with Crippen LogP contribution < -0.4 is 10.1 Å². The zero-order chi connectivity index (χ0) is 13.0. The lowest BCUT2D eigenvalue weighted by Crippen LogP contribution is -2.25. The fourth-order valence-electron chi connectivity index (χ4n) is 2.37. The second kappa shape index (κ2) is 5.66. The number of carboxylic acid groups (broad SMARTS) is 1. The first-order chi connectivity index (χ1) is 8.70. The van der Waals surface area contributed by atoms with Gasteiger partial charge in [-0.25, -0.2) is 4.98 Å². The van der Waals surface area contributed by atoms with Crippen molar-refractivity contribution >= 4 is 11.9 Å². The van der Waals surface area contributed by atoms with Crippen molar-refractivity contribution in [3.05, 3.63) is 12.3 Å². The molecule has 1 aromatic rings. The van der Waals surface area contributed by atoms with E-state index in [1.54, 1.807) is 19.4 Å². The van der Waals surface area contributed by atoms with Gasteiger partial charge in [-0.05, 0) is 18.8 Å². The number of aliphatic carboxylic acids is 1. The third-order valence-corrected chi connectivity index (χ3v) is 3.34. The van der Waals surface area contributed by atoms with Gasteiger partial charge in [0.2, 0.25) is 11.8 Å². The van der Waals surface area contributed by atoms with E-state index in [4.69, 9.17) is 9.84 Å². The number of rotatable bonds is 5. The third-order valence-electron chi connectivity index (χ3n) is 3.34. The van der Waals surface area contributed by atoms with Crippen molar-refractivity contribution in [2.45, 2.75) is 19.3 Å². The van der Waals surface area contributed by atoms with Crippen LogP contribution in [0.1, 0.15) is 19.3 Å². The Morgan fingerprint density at radius 1 is 1.61 bits per heavy atom. The molecular formula is C12H17N3O3. The van der Waals surface area contributed by atoms with Crippen molar-refractivity contribution in [2.75, 3.05) is 19.0 Å². The lowest BCUT2D eigenvalue weighted by atomic mass is 9.96. The predicted molar refractivity (Wildman–Crippen MR) is 65.5 cm³/mol. The smallest absolute Gasteiger partial charge is 0.306 e. The Morgan fingerprint density at radius 2 is 2.44 bits per heavy atom. The lowest BCUT2D eigenvalue weighted by molar-refractivity contribution is -0.142. The highest BCUT2D eigenvalue weighted by Gasteiger charge is 2.32. The number of nitrogens with zero attached hydrogens (tertiary/aromatic N) is 2. The van der Waals surface area contributed by atoms with E-state index in [1.165, 1.54) is 0 Å². The Balaban J connectivity index is 1.92. The molecule has 18 heavy (non-hydrogen) atoms. The minimum absolute atomic E-state index is 0.150. The monoisotopic (exact) mass is 251 g/mol. The first-order valence-electron chi connectivity index (χ1n) is 6.04. The van der Waals surface area contributed by atoms with Gasteiger partial charge in [0.05, 0.1) is 13.0 Å². The van der Waals surface area contributed by atoms with Gasteiger partial charge in [-0.3, -0.25) is 4.79 Å². The van der Waals surface area contributed by atoms with Crippen molar-refractivity contribution in [1.82, 2.24) is 9.97 Å². The summed E-state index contributed by atoms with van der Waals surface area (Å²) in [6.45, 7) is 0.587. The van der Waals surface area contributed by atoms with Crippen LogP contribution in [0.2, 0.25) is 0 Å². The normalized spacial score (nSPS) is 22.7. The first kappa shape index (κ1) is 12.6. The molecule has 6 heteroatoms. The maximum Gasteiger partial charge on any atom is 0.306 e. The van der Waals surface area contributed by atoms with Crippen LogP contribution in [0.4, 0.5) is 5.95 Å². The molecular weight excluding hydrogens is 234 g/mol. The fraction of sp³-hybridized carbons (Fsp3) is 0.583. The standard InChI is InChI=1S/C12H17N3O3/c1-18-10-5-6-13-12(15-10)14-7-8-3-2-4-9(8)11(16)17/h5-6,8-9H,2-4,7H2,1H3,(H,16,17)(H,13,14,15). The van der Waals surface area contributed by atoms with Crippen LogP contribution in [0.15, 0.2) is 12.3 Å². The van der Waals surface area contributed by atoms with Crippen molar-refractivity contribution in [3.63, 3.8) is 0 Å². The predicted octanol–water partition coefficient (Wildman–Crippen LogP) is 1.40. The highest BCUT2D eigenvalue weighted by atomic mass is 16.5. The van der Waals surface area contributed by atoms with Gasteiger partial charge >= 0.3 is 5.97 Å². The summed E-state index contributed by atoms with van der Waals surface area (Å²) in [5.41, 5.74) is 0. The van der Waals surface area contributed by atoms with Gasteiger partial charge < -0.3 is 15.2 Å². The molecule has 1 fully saturated rings. The molecule has 0 radical (unpaired) electrons. The third kappa shape index (κ3) is 2.88. The topological polar surface area (TPSA) is 84.3 Å². The minimum atomic E-state index is -0.703. The zero-order valence-corrected chi connectivity index (χ0v) is 10.3. The molecule has 0 bridgehead atoms. The number of carboxylic acids is 1. The van der Waals surface area contributed by atoms with Crippen LogP contribution in [0.5, 0.6) is 5.88 Å². The largest absolute Gasteiger partial charge is 0.481 e. The van der Waals surface area contributed by atoms with Crippen molar-refractivity contribution in [2.24, 2.45) is 11.8 Å². The summed E-state index contributed by atoms with van der Waals surface area (Å²) in [5.74, 6) is 0.172. The van der Waals surface area contributed by atoms with Crippen LogP contribution in [0.3, 0.4) is 0 Å². The second-order valence-corrected chi connectivity index (χ2v) is 4.44. The maximum atomic E-state index is 11.0. The molecule has 1 aromatic heterocycles. The first-order valence-corrected chi connectivity index (χ1v) is 6.04. The van der Waals surface area contributed by atoms with Gasteiger partial charge in [0.1, 0.15) is 0 Å². The van der Waals surface area contributed by atoms with E-state index in [-0.39, 0.29) is 11.8 Å². The number of carbonyl (C=O) groups is 1. The van der Waals surface area contributed by atoms with E-state index in [0.717, 1.165) is 19.3 Å². The number of methoxy groups -OCH3 is 1. The summed E-state index contributed by atoms with van der Waals surface area (Å²) in [6, 6.07) is 1.67. The molecule has 1 aliphatic rings. The van der Waals surface area contributed by atoms with Gasteiger partial charge in [0, 0.05) is 18.8 Å². The molecule has 1 saturated carbocycles. The zero-order valence-electron chi connectivity index (χ0n) is 10.3. The Morgan fingerprint density at radius 3 is 3.17 bits per heavy atom. The number of hydrogen-bond acceptors (Lipinski definition) is 5. The van der Waals surface area contributed by atoms with E-state index in [1.807, 2.05) is 0 Å². The molecule has 0 saturated heterocycles. The summed E-state index contributed by atoms with van der Waals surface area (Å²) in [6.07, 6.45) is 4.29. The SMILES string of the molecule is COc1ccnc(NCC2CCCC2C(=O)O)n1. The average molecular weight is 251 g/mol. The van der Waals surface area contributed by atoms with Crippen molar-refractivity contribution in [3.8, 4) is 5.88 Å². The number of ether oxygens (including phenoxy) is 1. The molecule has 0 aliphatic heterocycles. The van der Waals surface area contributed by atoms with Crippen molar-refractivity contribution in [1.29, 1.82) is 0 Å². The molecule has 0 spiro atoms. The van der Waals surface area contributed by atoms with Crippen LogP contribution in [0, 0.1) is 11.8 Å². The number of anilines is 1. The molecule has 2 atom stereocenters. The van der Waals surface area contributed by atoms with Gasteiger partial charge in [-0.2, -0.15) is 4.98 Å². The van der Waals surface area contributed by atoms with Gasteiger partial charge in [-0.1, -0.05) is 6.42 Å². The fourth-order valence-corrected chi connectivity index (χ4v) is 2.37. The average Bonchev–Trinajstić information content (AvgIpc) is 2.85. The Labute approximate surface area is 105 Å². The molecule has 2 unspecified atom stereocenters. The molecule has 6 nitrogen and oxygen atoms in total. The number of hydrogen-bond donors (Lipinski definition) is 2. The summed E-state index contributed by atoms with van der Waals surface area (Å²) < 4.78 is 5.00. The highest BCUT2D eigenvalue weighted by Crippen LogP contribution is 2.31. The lowest BCUT2D eigenvalue weighted by Gasteiger charge is -2.16. The van der Waals surface area contributed by atoms with Crippen LogP contribution >= 0.6 is 0 Å². The summed E-state index contributed by atoms with van der Waals surface area (Å²) >= 11 is 0. The van der Waals surface area contributed by atoms with Crippen molar-refractivity contribution < 1.29 is 14.6 Å². The maximum absolute atomic E-state index is 11.0. The Kier molecular flexibility index (Phi) is 3.96. The van der Waals surface area contributed by atoms with E-state index >= 15 is 0 Å². The summed E-state index contributed by atoms with van der Waals surface area (Å²) in [5, 5.41) is 12.2. The van der Waals surface area contributed by atoms with Crippen LogP contribution in [-0.2, 0) is 4.79 Å². The Hall–Kier alpha value is -1.85. The Bertz CT molecular complexity index is 425. The number of nitrogens with one attached hydrogen (secondary N) is 1. The molecule has 98 valence electrons. The van der Waals surface area contributed by atoms with E-state index in [2.05, 4.69) is 15.3 Å². The molecule has 2 N–H and O–H groups in total. The summed E-state index contributed by atoms with van der Waals surface area (Å²) in [7, 11) is 1.55. The molecule has 1 aliphatic carbocycles. The van der Waals surface area contributed by atoms with Gasteiger partial charge in [0.15, 0.2) is 0 Å². The molecule has 0 aromatic carbocycles.